The zero-order chi connectivity index (χ0) is 25.4. The highest BCUT2D eigenvalue weighted by molar-refractivity contribution is 5.99. The number of methoxy groups -OCH3 is 1. The Morgan fingerprint density at radius 3 is 2.75 bits per heavy atom. The quantitative estimate of drug-likeness (QED) is 0.366. The molecular formula is C28H30FN5O2. The first-order valence-electron chi connectivity index (χ1n) is 12.2. The number of anilines is 1. The van der Waals surface area contributed by atoms with Crippen molar-refractivity contribution in [2.45, 2.75) is 33.9 Å². The minimum atomic E-state index is -0.273. The van der Waals surface area contributed by atoms with Gasteiger partial charge < -0.3 is 19.5 Å². The second-order valence-corrected chi connectivity index (χ2v) is 9.62. The molecule has 0 unspecified atom stereocenters. The van der Waals surface area contributed by atoms with Gasteiger partial charge in [0.1, 0.15) is 23.7 Å². The summed E-state index contributed by atoms with van der Waals surface area (Å²) in [4.78, 5) is 23.4. The number of ether oxygens (including phenoxy) is 1. The number of aromatic nitrogens is 3. The molecule has 0 saturated heterocycles. The van der Waals surface area contributed by atoms with Crippen molar-refractivity contribution in [3.05, 3.63) is 71.4 Å². The molecule has 1 aliphatic rings. The van der Waals surface area contributed by atoms with E-state index in [1.165, 1.54) is 12.4 Å². The van der Waals surface area contributed by atoms with E-state index in [-0.39, 0.29) is 11.7 Å². The van der Waals surface area contributed by atoms with Gasteiger partial charge in [0, 0.05) is 54.5 Å². The van der Waals surface area contributed by atoms with Gasteiger partial charge >= 0.3 is 0 Å². The summed E-state index contributed by atoms with van der Waals surface area (Å²) >= 11 is 0. The summed E-state index contributed by atoms with van der Waals surface area (Å²) in [7, 11) is 1.59. The molecule has 0 radical (unpaired) electrons. The molecule has 36 heavy (non-hydrogen) atoms. The van der Waals surface area contributed by atoms with Crippen LogP contribution in [0.3, 0.4) is 0 Å². The van der Waals surface area contributed by atoms with Gasteiger partial charge in [-0.25, -0.2) is 14.4 Å². The third-order valence-corrected chi connectivity index (χ3v) is 6.57. The maximum Gasteiger partial charge on any atom is 0.254 e. The number of carbonyl (C=O) groups is 1. The van der Waals surface area contributed by atoms with E-state index in [1.54, 1.807) is 13.2 Å². The van der Waals surface area contributed by atoms with Crippen LogP contribution >= 0.6 is 0 Å². The molecule has 3 heterocycles. The molecule has 8 heteroatoms. The number of amides is 1. The van der Waals surface area contributed by atoms with Gasteiger partial charge in [0.2, 0.25) is 0 Å². The third kappa shape index (κ3) is 4.39. The summed E-state index contributed by atoms with van der Waals surface area (Å²) in [6, 6.07) is 12.8. The van der Waals surface area contributed by atoms with Crippen LogP contribution in [0.25, 0.3) is 22.2 Å². The molecule has 2 aromatic carbocycles. The lowest BCUT2D eigenvalue weighted by Gasteiger charge is -2.17. The third-order valence-electron chi connectivity index (χ3n) is 6.57. The number of fused-ring (bicyclic) bond motifs is 2. The van der Waals surface area contributed by atoms with Crippen LogP contribution in [0.4, 0.5) is 10.2 Å². The van der Waals surface area contributed by atoms with Crippen LogP contribution in [0.2, 0.25) is 0 Å². The number of benzene rings is 2. The average Bonchev–Trinajstić information content (AvgIpc) is 3.35. The molecule has 7 nitrogen and oxygen atoms in total. The highest BCUT2D eigenvalue weighted by Gasteiger charge is 2.28. The molecule has 5 rings (SSSR count). The summed E-state index contributed by atoms with van der Waals surface area (Å²) in [5, 5.41) is 4.10. The fourth-order valence-electron chi connectivity index (χ4n) is 4.94. The molecule has 0 atom stereocenters. The van der Waals surface area contributed by atoms with E-state index < -0.39 is 0 Å². The lowest BCUT2D eigenvalue weighted by atomic mass is 10.0. The van der Waals surface area contributed by atoms with Gasteiger partial charge in [-0.3, -0.25) is 4.79 Å². The van der Waals surface area contributed by atoms with Crippen molar-refractivity contribution >= 4 is 22.6 Å². The van der Waals surface area contributed by atoms with Crippen LogP contribution in [0.1, 0.15) is 35.5 Å². The van der Waals surface area contributed by atoms with Gasteiger partial charge in [-0.15, -0.1) is 0 Å². The maximum atomic E-state index is 14.6. The van der Waals surface area contributed by atoms with Gasteiger partial charge in [-0.2, -0.15) is 0 Å². The molecule has 4 aromatic rings. The number of nitrogens with one attached hydrogen (secondary N) is 1. The van der Waals surface area contributed by atoms with Gasteiger partial charge in [-0.1, -0.05) is 19.9 Å². The minimum Gasteiger partial charge on any atom is -0.496 e. The van der Waals surface area contributed by atoms with Gasteiger partial charge in [0.05, 0.1) is 18.3 Å². The first-order chi connectivity index (χ1) is 17.4. The van der Waals surface area contributed by atoms with Crippen LogP contribution < -0.4 is 10.1 Å². The van der Waals surface area contributed by atoms with Crippen molar-refractivity contribution < 1.29 is 13.9 Å². The summed E-state index contributed by atoms with van der Waals surface area (Å²) < 4.78 is 22.0. The monoisotopic (exact) mass is 487 g/mol. The highest BCUT2D eigenvalue weighted by Crippen LogP contribution is 2.31. The van der Waals surface area contributed by atoms with Gasteiger partial charge in [0.25, 0.3) is 5.91 Å². The van der Waals surface area contributed by atoms with E-state index in [1.807, 2.05) is 46.7 Å². The van der Waals surface area contributed by atoms with Crippen molar-refractivity contribution in [2.75, 3.05) is 25.5 Å². The van der Waals surface area contributed by atoms with Gasteiger partial charge in [0.15, 0.2) is 0 Å². The van der Waals surface area contributed by atoms with Gasteiger partial charge in [-0.05, 0) is 48.7 Å². The highest BCUT2D eigenvalue weighted by atomic mass is 19.1. The van der Waals surface area contributed by atoms with E-state index in [2.05, 4.69) is 29.1 Å². The average molecular weight is 488 g/mol. The first-order valence-corrected chi connectivity index (χ1v) is 12.2. The summed E-state index contributed by atoms with van der Waals surface area (Å²) in [5.41, 5.74) is 5.01. The molecule has 0 fully saturated rings. The van der Waals surface area contributed by atoms with E-state index >= 15 is 0 Å². The SMILES string of the molecule is COc1ccc(F)c2c1cc(C)n2CCNc1cc(-c2ccc3c(c2)CN(CC(C)C)C3=O)ncn1. The molecule has 1 amide bonds. The van der Waals surface area contributed by atoms with E-state index in [9.17, 15) is 9.18 Å². The molecule has 1 aliphatic heterocycles. The van der Waals surface area contributed by atoms with Crippen molar-refractivity contribution in [1.29, 1.82) is 0 Å². The van der Waals surface area contributed by atoms with E-state index in [0.29, 0.717) is 42.6 Å². The number of hydrogen-bond donors (Lipinski definition) is 1. The first kappa shape index (κ1) is 23.8. The Morgan fingerprint density at radius 1 is 1.14 bits per heavy atom. The molecule has 0 bridgehead atoms. The second-order valence-electron chi connectivity index (χ2n) is 9.62. The summed E-state index contributed by atoms with van der Waals surface area (Å²) in [6.45, 7) is 8.68. The zero-order valence-electron chi connectivity index (χ0n) is 21.0. The number of carbonyl (C=O) groups excluding carboxylic acids is 1. The summed E-state index contributed by atoms with van der Waals surface area (Å²) in [5.74, 6) is 1.59. The maximum absolute atomic E-state index is 14.6. The molecule has 1 N–H and O–H groups in total. The Morgan fingerprint density at radius 2 is 1.97 bits per heavy atom. The molecule has 2 aromatic heterocycles. The van der Waals surface area contributed by atoms with Crippen LogP contribution in [-0.4, -0.2) is 45.5 Å². The zero-order valence-corrected chi connectivity index (χ0v) is 21.0. The topological polar surface area (TPSA) is 72.3 Å². The lowest BCUT2D eigenvalue weighted by molar-refractivity contribution is 0.0760. The van der Waals surface area contributed by atoms with Crippen LogP contribution in [0.5, 0.6) is 5.75 Å². The predicted molar refractivity (Wildman–Crippen MR) is 139 cm³/mol. The molecular weight excluding hydrogens is 457 g/mol. The number of aryl methyl sites for hydroxylation is 1. The minimum absolute atomic E-state index is 0.0946. The normalized spacial score (nSPS) is 13.1. The largest absolute Gasteiger partial charge is 0.496 e. The Labute approximate surface area is 209 Å². The number of nitrogens with zero attached hydrogens (tertiary/aromatic N) is 4. The number of halogens is 1. The number of hydrogen-bond acceptors (Lipinski definition) is 5. The fourth-order valence-corrected chi connectivity index (χ4v) is 4.94. The van der Waals surface area contributed by atoms with Crippen molar-refractivity contribution in [3.8, 4) is 17.0 Å². The van der Waals surface area contributed by atoms with E-state index in [0.717, 1.165) is 40.0 Å². The Balaban J connectivity index is 1.31. The van der Waals surface area contributed by atoms with E-state index in [4.69, 9.17) is 4.74 Å². The standard InChI is InChI=1S/C28H30FN5O2/c1-17(2)14-33-15-20-12-19(5-6-21(20)28(33)35)24-13-26(32-16-31-24)30-9-10-34-18(3)11-22-25(36-4)8-7-23(29)27(22)34/h5-8,11-13,16-17H,9-10,14-15H2,1-4H3,(H,30,31,32). The van der Waals surface area contributed by atoms with Crippen LogP contribution in [0, 0.1) is 18.7 Å². The second kappa shape index (κ2) is 9.60. The van der Waals surface area contributed by atoms with Crippen molar-refractivity contribution in [3.63, 3.8) is 0 Å². The molecule has 0 aliphatic carbocycles. The molecule has 0 spiro atoms. The van der Waals surface area contributed by atoms with Crippen LogP contribution in [0.15, 0.2) is 48.8 Å². The van der Waals surface area contributed by atoms with Crippen molar-refractivity contribution in [2.24, 2.45) is 5.92 Å². The Bertz CT molecular complexity index is 1450. The predicted octanol–water partition coefficient (Wildman–Crippen LogP) is 5.28. The lowest BCUT2D eigenvalue weighted by Crippen LogP contribution is -2.27. The fraction of sp³-hybridized carbons (Fsp3) is 0.321. The Hall–Kier alpha value is -3.94. The van der Waals surface area contributed by atoms with Crippen LogP contribution in [-0.2, 0) is 13.1 Å². The summed E-state index contributed by atoms with van der Waals surface area (Å²) in [6.07, 6.45) is 1.53. The smallest absolute Gasteiger partial charge is 0.254 e. The molecule has 186 valence electrons. The molecule has 0 saturated carbocycles. The van der Waals surface area contributed by atoms with Crippen molar-refractivity contribution in [1.82, 2.24) is 19.4 Å². The number of rotatable bonds is 8. The Kier molecular flexibility index (Phi) is 6.35.